The van der Waals surface area contributed by atoms with Crippen molar-refractivity contribution >= 4 is 15.7 Å². The third kappa shape index (κ3) is 5.82. The van der Waals surface area contributed by atoms with Crippen molar-refractivity contribution in [3.05, 3.63) is 35.4 Å². The van der Waals surface area contributed by atoms with E-state index in [1.165, 1.54) is 5.56 Å². The van der Waals surface area contributed by atoms with E-state index in [0.29, 0.717) is 12.5 Å². The lowest BCUT2D eigenvalue weighted by Gasteiger charge is -2.15. The molecule has 0 bridgehead atoms. The van der Waals surface area contributed by atoms with E-state index in [2.05, 4.69) is 31.3 Å². The first kappa shape index (κ1) is 19.9. The summed E-state index contributed by atoms with van der Waals surface area (Å²) in [4.78, 5) is 12.0. The van der Waals surface area contributed by atoms with Crippen molar-refractivity contribution in [1.82, 2.24) is 5.32 Å². The van der Waals surface area contributed by atoms with Gasteiger partial charge in [-0.3, -0.25) is 4.79 Å². The van der Waals surface area contributed by atoms with Crippen LogP contribution in [0, 0.1) is 0 Å². The molecule has 1 aromatic rings. The fourth-order valence-electron chi connectivity index (χ4n) is 3.21. The first-order chi connectivity index (χ1) is 11.8. The van der Waals surface area contributed by atoms with Crippen LogP contribution in [0.25, 0.3) is 0 Å². The fraction of sp³-hybridized carbons (Fsp3) is 0.632. The minimum absolute atomic E-state index is 0.0117. The minimum atomic E-state index is -3.15. The number of carbonyl (C=O) groups is 1. The summed E-state index contributed by atoms with van der Waals surface area (Å²) in [5.74, 6) is 0.143. The maximum absolute atomic E-state index is 12.2. The molecule has 0 radical (unpaired) electrons. The molecule has 1 aliphatic rings. The smallest absolute Gasteiger partial charge is 0.221 e. The molecule has 1 saturated carbocycles. The van der Waals surface area contributed by atoms with E-state index in [9.17, 15) is 13.2 Å². The van der Waals surface area contributed by atoms with Crippen molar-refractivity contribution in [3.63, 3.8) is 0 Å². The number of rotatable bonds is 8. The van der Waals surface area contributed by atoms with Gasteiger partial charge in [-0.05, 0) is 29.9 Å². The van der Waals surface area contributed by atoms with Crippen LogP contribution in [0.5, 0.6) is 0 Å². The summed E-state index contributed by atoms with van der Waals surface area (Å²) in [5, 5.41) is 2.50. The van der Waals surface area contributed by atoms with Crippen LogP contribution in [-0.2, 0) is 14.6 Å². The van der Waals surface area contributed by atoms with Crippen molar-refractivity contribution in [3.8, 4) is 0 Å². The molecule has 5 nitrogen and oxygen atoms in total. The van der Waals surface area contributed by atoms with E-state index in [-0.39, 0.29) is 29.4 Å². The zero-order valence-electron chi connectivity index (χ0n) is 15.2. The Bertz CT molecular complexity index is 662. The molecule has 3 N–H and O–H groups in total. The van der Waals surface area contributed by atoms with Crippen LogP contribution in [0.4, 0.5) is 0 Å². The molecular weight excluding hydrogens is 336 g/mol. The summed E-state index contributed by atoms with van der Waals surface area (Å²) in [6, 6.07) is 7.77. The molecule has 25 heavy (non-hydrogen) atoms. The minimum Gasteiger partial charge on any atom is -0.354 e. The Balaban J connectivity index is 1.77. The van der Waals surface area contributed by atoms with Crippen molar-refractivity contribution in [1.29, 1.82) is 0 Å². The molecule has 1 aliphatic carbocycles. The zero-order valence-corrected chi connectivity index (χ0v) is 16.0. The van der Waals surface area contributed by atoms with Gasteiger partial charge in [-0.1, -0.05) is 51.0 Å². The van der Waals surface area contributed by atoms with Gasteiger partial charge in [-0.25, -0.2) is 8.42 Å². The number of sulfone groups is 1. The van der Waals surface area contributed by atoms with E-state index >= 15 is 0 Å². The molecule has 2 rings (SSSR count). The molecule has 1 unspecified atom stereocenters. The summed E-state index contributed by atoms with van der Waals surface area (Å²) in [6.07, 6.45) is 3.43. The third-order valence-electron chi connectivity index (χ3n) is 4.97. The normalized spacial score (nSPS) is 17.0. The fourth-order valence-corrected chi connectivity index (χ4v) is 5.06. The monoisotopic (exact) mass is 366 g/mol. The lowest BCUT2D eigenvalue weighted by Crippen LogP contribution is -2.33. The highest BCUT2D eigenvalue weighted by Crippen LogP contribution is 2.25. The van der Waals surface area contributed by atoms with Gasteiger partial charge >= 0.3 is 0 Å². The highest BCUT2D eigenvalue weighted by Gasteiger charge is 2.28. The van der Waals surface area contributed by atoms with Crippen molar-refractivity contribution in [2.75, 3.05) is 12.3 Å². The summed E-state index contributed by atoms with van der Waals surface area (Å²) < 4.78 is 24.4. The standard InChI is InChI=1S/C19H30N2O3S/c1-14(2)15-7-9-16(10-8-15)18(20)13-21-19(22)11-12-25(23,24)17-5-3-4-6-17/h7-10,14,17-18H,3-6,11-13,20H2,1-2H3,(H,21,22). The van der Waals surface area contributed by atoms with E-state index < -0.39 is 9.84 Å². The van der Waals surface area contributed by atoms with Crippen LogP contribution < -0.4 is 11.1 Å². The molecule has 1 fully saturated rings. The molecule has 1 amide bonds. The summed E-state index contributed by atoms with van der Waals surface area (Å²) >= 11 is 0. The zero-order chi connectivity index (χ0) is 18.4. The number of benzene rings is 1. The van der Waals surface area contributed by atoms with Gasteiger partial charge in [0.25, 0.3) is 0 Å². The van der Waals surface area contributed by atoms with Gasteiger partial charge in [0.1, 0.15) is 0 Å². The van der Waals surface area contributed by atoms with Crippen molar-refractivity contribution in [2.45, 2.75) is 63.2 Å². The summed E-state index contributed by atoms with van der Waals surface area (Å²) in [7, 11) is -3.15. The van der Waals surface area contributed by atoms with Crippen LogP contribution in [0.15, 0.2) is 24.3 Å². The Labute approximate surface area is 151 Å². The van der Waals surface area contributed by atoms with E-state index in [1.807, 2.05) is 12.1 Å². The summed E-state index contributed by atoms with van der Waals surface area (Å²) in [5.41, 5.74) is 8.33. The van der Waals surface area contributed by atoms with Crippen molar-refractivity contribution in [2.24, 2.45) is 5.73 Å². The first-order valence-electron chi connectivity index (χ1n) is 9.13. The Kier molecular flexibility index (Phi) is 7.02. The Morgan fingerprint density at radius 1 is 1.16 bits per heavy atom. The molecule has 140 valence electrons. The van der Waals surface area contributed by atoms with Crippen LogP contribution >= 0.6 is 0 Å². The molecule has 0 aliphatic heterocycles. The quantitative estimate of drug-likeness (QED) is 0.740. The van der Waals surface area contributed by atoms with E-state index in [1.54, 1.807) is 0 Å². The number of hydrogen-bond acceptors (Lipinski definition) is 4. The Morgan fingerprint density at radius 3 is 2.28 bits per heavy atom. The van der Waals surface area contributed by atoms with E-state index in [0.717, 1.165) is 31.2 Å². The van der Waals surface area contributed by atoms with E-state index in [4.69, 9.17) is 5.73 Å². The number of amides is 1. The topological polar surface area (TPSA) is 89.3 Å². The van der Waals surface area contributed by atoms with Crippen LogP contribution in [0.1, 0.15) is 69.0 Å². The van der Waals surface area contributed by atoms with Gasteiger partial charge in [-0.2, -0.15) is 0 Å². The average Bonchev–Trinajstić information content (AvgIpc) is 3.13. The van der Waals surface area contributed by atoms with Crippen LogP contribution in [0.2, 0.25) is 0 Å². The van der Waals surface area contributed by atoms with Crippen molar-refractivity contribution < 1.29 is 13.2 Å². The Hall–Kier alpha value is -1.40. The molecule has 0 saturated heterocycles. The van der Waals surface area contributed by atoms with Gasteiger partial charge in [0.15, 0.2) is 9.84 Å². The van der Waals surface area contributed by atoms with Gasteiger partial charge in [0.2, 0.25) is 5.91 Å². The highest BCUT2D eigenvalue weighted by atomic mass is 32.2. The van der Waals surface area contributed by atoms with Crippen LogP contribution in [-0.4, -0.2) is 31.9 Å². The SMILES string of the molecule is CC(C)c1ccc(C(N)CNC(=O)CCS(=O)(=O)C2CCCC2)cc1. The van der Waals surface area contributed by atoms with Gasteiger partial charge in [0.05, 0.1) is 11.0 Å². The highest BCUT2D eigenvalue weighted by molar-refractivity contribution is 7.92. The predicted octanol–water partition coefficient (Wildman–Crippen LogP) is 2.67. The number of nitrogens with one attached hydrogen (secondary N) is 1. The Morgan fingerprint density at radius 2 is 1.72 bits per heavy atom. The number of carbonyl (C=O) groups excluding carboxylic acids is 1. The average molecular weight is 367 g/mol. The molecule has 0 heterocycles. The maximum Gasteiger partial charge on any atom is 0.221 e. The third-order valence-corrected chi connectivity index (χ3v) is 7.23. The molecular formula is C19H30N2O3S. The van der Waals surface area contributed by atoms with Crippen LogP contribution in [0.3, 0.4) is 0 Å². The lowest BCUT2D eigenvalue weighted by molar-refractivity contribution is -0.120. The molecule has 1 aromatic carbocycles. The maximum atomic E-state index is 12.2. The second kappa shape index (κ2) is 8.81. The lowest BCUT2D eigenvalue weighted by atomic mass is 9.99. The number of hydrogen-bond donors (Lipinski definition) is 2. The second-order valence-electron chi connectivity index (χ2n) is 7.26. The number of nitrogens with two attached hydrogens (primary N) is 1. The van der Waals surface area contributed by atoms with Gasteiger partial charge in [-0.15, -0.1) is 0 Å². The second-order valence-corrected chi connectivity index (χ2v) is 9.66. The first-order valence-corrected chi connectivity index (χ1v) is 10.8. The molecule has 1 atom stereocenters. The summed E-state index contributed by atoms with van der Waals surface area (Å²) in [6.45, 7) is 4.58. The molecule has 0 aromatic heterocycles. The van der Waals surface area contributed by atoms with Gasteiger partial charge < -0.3 is 11.1 Å². The molecule has 0 spiro atoms. The largest absolute Gasteiger partial charge is 0.354 e. The predicted molar refractivity (Wildman–Crippen MR) is 101 cm³/mol. The van der Waals surface area contributed by atoms with Gasteiger partial charge in [0, 0.05) is 19.0 Å². The molecule has 6 heteroatoms.